The number of hydrogen-bond donors (Lipinski definition) is 1. The number of rotatable bonds is 7. The van der Waals surface area contributed by atoms with E-state index in [9.17, 15) is 0 Å². The van der Waals surface area contributed by atoms with Gasteiger partial charge < -0.3 is 0 Å². The molecule has 1 heterocycles. The molecule has 4 aromatic carbocycles. The van der Waals surface area contributed by atoms with E-state index in [1.165, 1.54) is 41.5 Å². The van der Waals surface area contributed by atoms with Crippen LogP contribution in [0.25, 0.3) is 0 Å². The van der Waals surface area contributed by atoms with Gasteiger partial charge in [-0.25, -0.2) is 0 Å². The van der Waals surface area contributed by atoms with Crippen LogP contribution in [0.15, 0.2) is 121 Å². The summed E-state index contributed by atoms with van der Waals surface area (Å²) >= 11 is 0. The quantitative estimate of drug-likeness (QED) is 0.321. The van der Waals surface area contributed by atoms with Crippen LogP contribution in [0.2, 0.25) is 0 Å². The SMILES string of the molecule is c1ccc(CN2CCCCC(NC(c3ccccc3)(c3ccccc3)c3ccccc3)C2)cc1. The third-order valence-electron chi connectivity index (χ3n) is 7.05. The normalized spacial score (nSPS) is 17.2. The van der Waals surface area contributed by atoms with E-state index >= 15 is 0 Å². The predicted molar refractivity (Wildman–Crippen MR) is 142 cm³/mol. The van der Waals surface area contributed by atoms with Crippen molar-refractivity contribution < 1.29 is 0 Å². The molecule has 5 rings (SSSR count). The highest BCUT2D eigenvalue weighted by Gasteiger charge is 2.38. The van der Waals surface area contributed by atoms with E-state index in [1.807, 2.05) is 0 Å². The van der Waals surface area contributed by atoms with Crippen LogP contribution in [0.5, 0.6) is 0 Å². The summed E-state index contributed by atoms with van der Waals surface area (Å²) in [6.07, 6.45) is 3.68. The minimum absolute atomic E-state index is 0.381. The Hall–Kier alpha value is -3.20. The molecule has 1 aliphatic heterocycles. The van der Waals surface area contributed by atoms with Crippen LogP contribution in [0.1, 0.15) is 41.5 Å². The van der Waals surface area contributed by atoms with Crippen LogP contribution in [-0.2, 0) is 12.1 Å². The predicted octanol–water partition coefficient (Wildman–Crippen LogP) is 6.62. The highest BCUT2D eigenvalue weighted by Crippen LogP contribution is 2.38. The minimum atomic E-state index is -0.406. The molecule has 1 N–H and O–H groups in total. The Morgan fingerprint density at radius 2 is 1.09 bits per heavy atom. The first-order valence-electron chi connectivity index (χ1n) is 12.6. The Kier molecular flexibility index (Phi) is 7.19. The Morgan fingerprint density at radius 3 is 1.59 bits per heavy atom. The summed E-state index contributed by atoms with van der Waals surface area (Å²) in [5.74, 6) is 0. The fraction of sp³-hybridized carbons (Fsp3) is 0.250. The summed E-state index contributed by atoms with van der Waals surface area (Å²) in [6.45, 7) is 3.21. The van der Waals surface area contributed by atoms with Gasteiger partial charge in [0.25, 0.3) is 0 Å². The Labute approximate surface area is 204 Å². The highest BCUT2D eigenvalue weighted by molar-refractivity contribution is 5.49. The summed E-state index contributed by atoms with van der Waals surface area (Å²) in [4.78, 5) is 2.63. The smallest absolute Gasteiger partial charge is 0.0950 e. The summed E-state index contributed by atoms with van der Waals surface area (Å²) < 4.78 is 0. The van der Waals surface area contributed by atoms with Crippen LogP contribution in [0, 0.1) is 0 Å². The molecule has 1 aliphatic rings. The number of nitrogens with one attached hydrogen (secondary N) is 1. The molecule has 0 spiro atoms. The molecule has 34 heavy (non-hydrogen) atoms. The Morgan fingerprint density at radius 1 is 0.618 bits per heavy atom. The molecule has 0 aliphatic carbocycles. The van der Waals surface area contributed by atoms with Crippen molar-refractivity contribution in [3.8, 4) is 0 Å². The average Bonchev–Trinajstić information content (AvgIpc) is 3.14. The molecule has 0 saturated carbocycles. The minimum Gasteiger partial charge on any atom is -0.298 e. The second-order valence-corrected chi connectivity index (χ2v) is 9.41. The van der Waals surface area contributed by atoms with Crippen molar-refractivity contribution in [1.82, 2.24) is 10.2 Å². The summed E-state index contributed by atoms with van der Waals surface area (Å²) in [6, 6.07) is 44.2. The number of hydrogen-bond acceptors (Lipinski definition) is 2. The third kappa shape index (κ3) is 4.99. The van der Waals surface area contributed by atoms with Gasteiger partial charge in [-0.3, -0.25) is 10.2 Å². The van der Waals surface area contributed by atoms with Crippen LogP contribution in [0.4, 0.5) is 0 Å². The van der Waals surface area contributed by atoms with Crippen molar-refractivity contribution >= 4 is 0 Å². The number of benzene rings is 4. The first-order chi connectivity index (χ1) is 16.8. The van der Waals surface area contributed by atoms with E-state index in [0.29, 0.717) is 6.04 Å². The van der Waals surface area contributed by atoms with Gasteiger partial charge in [0.1, 0.15) is 0 Å². The van der Waals surface area contributed by atoms with Gasteiger partial charge in [-0.2, -0.15) is 0 Å². The third-order valence-corrected chi connectivity index (χ3v) is 7.05. The molecule has 0 radical (unpaired) electrons. The van der Waals surface area contributed by atoms with Crippen LogP contribution in [0.3, 0.4) is 0 Å². The molecule has 0 amide bonds. The fourth-order valence-electron chi connectivity index (χ4n) is 5.44. The largest absolute Gasteiger partial charge is 0.298 e. The van der Waals surface area contributed by atoms with E-state index in [-0.39, 0.29) is 0 Å². The van der Waals surface area contributed by atoms with Gasteiger partial charge >= 0.3 is 0 Å². The average molecular weight is 447 g/mol. The van der Waals surface area contributed by atoms with E-state index in [4.69, 9.17) is 0 Å². The van der Waals surface area contributed by atoms with Gasteiger partial charge in [-0.15, -0.1) is 0 Å². The lowest BCUT2D eigenvalue weighted by molar-refractivity contribution is 0.236. The molecule has 1 saturated heterocycles. The van der Waals surface area contributed by atoms with E-state index in [2.05, 4.69) is 132 Å². The lowest BCUT2D eigenvalue weighted by Crippen LogP contribution is -2.52. The van der Waals surface area contributed by atoms with Gasteiger partial charge in [0, 0.05) is 19.1 Å². The Bertz CT molecular complexity index is 1030. The molecular weight excluding hydrogens is 412 g/mol. The van der Waals surface area contributed by atoms with Gasteiger partial charge in [0.15, 0.2) is 0 Å². The maximum atomic E-state index is 4.23. The van der Waals surface area contributed by atoms with Gasteiger partial charge in [-0.1, -0.05) is 128 Å². The standard InChI is InChI=1S/C32H34N2/c1-5-15-27(16-6-1)25-34-24-14-13-23-31(26-34)33-32(28-17-7-2-8-18-28,29-19-9-3-10-20-29)30-21-11-4-12-22-30/h1-12,15-22,31,33H,13-14,23-26H2. The van der Waals surface area contributed by atoms with Gasteiger partial charge in [-0.05, 0) is 41.6 Å². The monoisotopic (exact) mass is 446 g/mol. The molecule has 2 nitrogen and oxygen atoms in total. The van der Waals surface area contributed by atoms with Crippen LogP contribution in [-0.4, -0.2) is 24.0 Å². The molecule has 2 heteroatoms. The van der Waals surface area contributed by atoms with E-state index in [1.54, 1.807) is 0 Å². The van der Waals surface area contributed by atoms with E-state index < -0.39 is 5.54 Å². The molecule has 4 aromatic rings. The summed E-state index contributed by atoms with van der Waals surface area (Å²) in [5.41, 5.74) is 4.84. The van der Waals surface area contributed by atoms with Gasteiger partial charge in [0.05, 0.1) is 5.54 Å². The van der Waals surface area contributed by atoms with E-state index in [0.717, 1.165) is 19.6 Å². The molecule has 0 bridgehead atoms. The first kappa shape index (κ1) is 22.6. The first-order valence-corrected chi connectivity index (χ1v) is 12.6. The van der Waals surface area contributed by atoms with Gasteiger partial charge in [0.2, 0.25) is 0 Å². The maximum absolute atomic E-state index is 4.23. The number of nitrogens with zero attached hydrogens (tertiary/aromatic N) is 1. The second kappa shape index (κ2) is 10.8. The van der Waals surface area contributed by atoms with Crippen LogP contribution >= 0.6 is 0 Å². The lowest BCUT2D eigenvalue weighted by atomic mass is 9.76. The molecule has 1 atom stereocenters. The molecule has 172 valence electrons. The van der Waals surface area contributed by atoms with Crippen molar-refractivity contribution in [1.29, 1.82) is 0 Å². The van der Waals surface area contributed by atoms with Crippen molar-refractivity contribution in [2.75, 3.05) is 13.1 Å². The highest BCUT2D eigenvalue weighted by atomic mass is 15.2. The molecule has 1 fully saturated rings. The Balaban J connectivity index is 1.54. The molecule has 1 unspecified atom stereocenters. The van der Waals surface area contributed by atoms with Crippen molar-refractivity contribution in [2.45, 2.75) is 37.4 Å². The summed E-state index contributed by atoms with van der Waals surface area (Å²) in [5, 5.41) is 4.23. The second-order valence-electron chi connectivity index (χ2n) is 9.41. The zero-order valence-electron chi connectivity index (χ0n) is 19.8. The van der Waals surface area contributed by atoms with Crippen molar-refractivity contribution in [3.05, 3.63) is 144 Å². The van der Waals surface area contributed by atoms with Crippen LogP contribution < -0.4 is 5.32 Å². The zero-order chi connectivity index (χ0) is 23.1. The van der Waals surface area contributed by atoms with Crippen molar-refractivity contribution in [2.24, 2.45) is 0 Å². The maximum Gasteiger partial charge on any atom is 0.0950 e. The lowest BCUT2D eigenvalue weighted by Gasteiger charge is -2.41. The topological polar surface area (TPSA) is 15.3 Å². The summed E-state index contributed by atoms with van der Waals surface area (Å²) in [7, 11) is 0. The zero-order valence-corrected chi connectivity index (χ0v) is 19.8. The molecular formula is C32H34N2. The molecule has 0 aromatic heterocycles. The van der Waals surface area contributed by atoms with Crippen molar-refractivity contribution in [3.63, 3.8) is 0 Å². The number of likely N-dealkylation sites (tertiary alicyclic amines) is 1. The fourth-order valence-corrected chi connectivity index (χ4v) is 5.44.